The molecular formula is C12H13BrFN3O2. The summed E-state index contributed by atoms with van der Waals surface area (Å²) in [6, 6.07) is 4.74. The topological polar surface area (TPSA) is 74.2 Å². The first kappa shape index (κ1) is 15.4. The zero-order chi connectivity index (χ0) is 14.3. The highest BCUT2D eigenvalue weighted by Gasteiger charge is 2.11. The fourth-order valence-corrected chi connectivity index (χ4v) is 1.74. The molecule has 0 bridgehead atoms. The third-order valence-electron chi connectivity index (χ3n) is 2.27. The number of hydrogen-bond acceptors (Lipinski definition) is 4. The maximum Gasteiger partial charge on any atom is 0.239 e. The van der Waals surface area contributed by atoms with E-state index in [1.807, 2.05) is 6.07 Å². The molecule has 0 heterocycles. The maximum atomic E-state index is 13.8. The van der Waals surface area contributed by atoms with Gasteiger partial charge in [-0.2, -0.15) is 5.26 Å². The maximum absolute atomic E-state index is 13.8. The van der Waals surface area contributed by atoms with Crippen LogP contribution in [0.4, 0.5) is 10.1 Å². The Balaban J connectivity index is 2.57. The molecule has 102 valence electrons. The summed E-state index contributed by atoms with van der Waals surface area (Å²) in [4.78, 5) is 11.4. The lowest BCUT2D eigenvalue weighted by Crippen LogP contribution is -2.32. The smallest absolute Gasteiger partial charge is 0.239 e. The Morgan fingerprint density at radius 3 is 2.95 bits per heavy atom. The molecule has 1 aromatic rings. The number of amides is 1. The largest absolute Gasteiger partial charge is 0.383 e. The summed E-state index contributed by atoms with van der Waals surface area (Å²) in [5.41, 5.74) is 0.361. The summed E-state index contributed by atoms with van der Waals surface area (Å²) in [5, 5.41) is 14.0. The van der Waals surface area contributed by atoms with Gasteiger partial charge in [-0.25, -0.2) is 4.39 Å². The van der Waals surface area contributed by atoms with Crippen LogP contribution in [0.2, 0.25) is 0 Å². The molecule has 19 heavy (non-hydrogen) atoms. The van der Waals surface area contributed by atoms with E-state index in [4.69, 9.17) is 10.00 Å². The van der Waals surface area contributed by atoms with Crippen LogP contribution in [0.3, 0.4) is 0 Å². The molecule has 0 fully saturated rings. The van der Waals surface area contributed by atoms with Crippen molar-refractivity contribution in [3.8, 4) is 6.07 Å². The van der Waals surface area contributed by atoms with Crippen molar-refractivity contribution in [2.24, 2.45) is 0 Å². The van der Waals surface area contributed by atoms with Gasteiger partial charge in [-0.15, -0.1) is 0 Å². The number of methoxy groups -OCH3 is 1. The molecule has 1 rings (SSSR count). The van der Waals surface area contributed by atoms with E-state index in [9.17, 15) is 9.18 Å². The minimum absolute atomic E-state index is 0.0566. The van der Waals surface area contributed by atoms with Gasteiger partial charge in [-0.05, 0) is 28.1 Å². The van der Waals surface area contributed by atoms with Crippen molar-refractivity contribution in [3.05, 3.63) is 28.0 Å². The summed E-state index contributed by atoms with van der Waals surface area (Å²) >= 11 is 2.99. The molecule has 7 heteroatoms. The van der Waals surface area contributed by atoms with Gasteiger partial charge in [0.1, 0.15) is 6.07 Å². The third-order valence-corrected chi connectivity index (χ3v) is 3.05. The van der Waals surface area contributed by atoms with E-state index in [0.717, 1.165) is 0 Å². The zero-order valence-electron chi connectivity index (χ0n) is 10.3. The number of carbonyl (C=O) groups excluding carboxylic acids is 1. The highest BCUT2D eigenvalue weighted by Crippen LogP contribution is 2.26. The van der Waals surface area contributed by atoms with Crippen molar-refractivity contribution in [2.75, 3.05) is 32.1 Å². The fraction of sp³-hybridized carbons (Fsp3) is 0.333. The van der Waals surface area contributed by atoms with E-state index in [0.29, 0.717) is 13.2 Å². The lowest BCUT2D eigenvalue weighted by Gasteiger charge is -2.09. The first-order valence-electron chi connectivity index (χ1n) is 5.47. The molecule has 0 aromatic heterocycles. The second-order valence-electron chi connectivity index (χ2n) is 3.60. The van der Waals surface area contributed by atoms with Crippen molar-refractivity contribution < 1.29 is 13.9 Å². The van der Waals surface area contributed by atoms with Crippen LogP contribution >= 0.6 is 15.9 Å². The molecule has 0 saturated carbocycles. The normalized spacial score (nSPS) is 9.79. The average Bonchev–Trinajstić information content (AvgIpc) is 2.41. The number of carbonyl (C=O) groups is 1. The van der Waals surface area contributed by atoms with Crippen LogP contribution in [0.25, 0.3) is 0 Å². The number of halogens is 2. The predicted octanol–water partition coefficient (Wildman–Crippen LogP) is 1.63. The number of hydrogen-bond donors (Lipinski definition) is 2. The Kier molecular flexibility index (Phi) is 6.25. The van der Waals surface area contributed by atoms with Gasteiger partial charge in [-0.3, -0.25) is 4.79 Å². The van der Waals surface area contributed by atoms with E-state index >= 15 is 0 Å². The SMILES string of the molecule is COCCNC(=O)CNc1ccc(C#N)c(Br)c1F. The molecule has 5 nitrogen and oxygen atoms in total. The quantitative estimate of drug-likeness (QED) is 0.778. The standard InChI is InChI=1S/C12H13BrFN3O2/c1-19-5-4-16-10(18)7-17-9-3-2-8(6-15)11(13)12(9)14/h2-3,17H,4-5,7H2,1H3,(H,16,18). The van der Waals surface area contributed by atoms with Crippen LogP contribution < -0.4 is 10.6 Å². The van der Waals surface area contributed by atoms with Crippen LogP contribution in [-0.2, 0) is 9.53 Å². The van der Waals surface area contributed by atoms with E-state index in [1.54, 1.807) is 0 Å². The number of rotatable bonds is 6. The van der Waals surface area contributed by atoms with Gasteiger partial charge in [0.05, 0.1) is 28.9 Å². The van der Waals surface area contributed by atoms with E-state index < -0.39 is 5.82 Å². The summed E-state index contributed by atoms with van der Waals surface area (Å²) in [7, 11) is 1.54. The molecule has 0 saturated heterocycles. The van der Waals surface area contributed by atoms with Gasteiger partial charge in [-0.1, -0.05) is 0 Å². The summed E-state index contributed by atoms with van der Waals surface area (Å²) < 4.78 is 18.7. The van der Waals surface area contributed by atoms with Crippen molar-refractivity contribution in [1.82, 2.24) is 5.32 Å². The number of nitrogens with one attached hydrogen (secondary N) is 2. The highest BCUT2D eigenvalue weighted by atomic mass is 79.9. The number of ether oxygens (including phenoxy) is 1. The van der Waals surface area contributed by atoms with Crippen molar-refractivity contribution in [3.63, 3.8) is 0 Å². The first-order chi connectivity index (χ1) is 9.10. The third kappa shape index (κ3) is 4.50. The molecule has 0 spiro atoms. The van der Waals surface area contributed by atoms with Gasteiger partial charge >= 0.3 is 0 Å². The van der Waals surface area contributed by atoms with Crippen LogP contribution in [0.15, 0.2) is 16.6 Å². The fourth-order valence-electron chi connectivity index (χ4n) is 1.30. The molecule has 0 aliphatic carbocycles. The lowest BCUT2D eigenvalue weighted by molar-refractivity contribution is -0.119. The zero-order valence-corrected chi connectivity index (χ0v) is 11.9. The van der Waals surface area contributed by atoms with E-state index in [2.05, 4.69) is 26.6 Å². The van der Waals surface area contributed by atoms with Crippen LogP contribution in [0.5, 0.6) is 0 Å². The summed E-state index contributed by atoms with van der Waals surface area (Å²) in [6.07, 6.45) is 0. The Morgan fingerprint density at radius 2 is 2.32 bits per heavy atom. The molecule has 0 aliphatic heterocycles. The van der Waals surface area contributed by atoms with Gasteiger partial charge in [0.2, 0.25) is 5.91 Å². The predicted molar refractivity (Wildman–Crippen MR) is 72.2 cm³/mol. The number of benzene rings is 1. The second-order valence-corrected chi connectivity index (χ2v) is 4.39. The van der Waals surface area contributed by atoms with E-state index in [-0.39, 0.29) is 28.2 Å². The highest BCUT2D eigenvalue weighted by molar-refractivity contribution is 9.10. The average molecular weight is 330 g/mol. The van der Waals surface area contributed by atoms with Gasteiger partial charge in [0, 0.05) is 13.7 Å². The Labute approximate surface area is 118 Å². The van der Waals surface area contributed by atoms with Crippen LogP contribution in [-0.4, -0.2) is 32.7 Å². The van der Waals surface area contributed by atoms with Crippen molar-refractivity contribution in [1.29, 1.82) is 5.26 Å². The molecule has 0 aliphatic rings. The second kappa shape index (κ2) is 7.71. The van der Waals surface area contributed by atoms with Crippen LogP contribution in [0, 0.1) is 17.1 Å². The number of anilines is 1. The summed E-state index contributed by atoms with van der Waals surface area (Å²) in [6.45, 7) is 0.762. The molecule has 0 unspecified atom stereocenters. The van der Waals surface area contributed by atoms with E-state index in [1.165, 1.54) is 19.2 Å². The molecule has 0 atom stereocenters. The molecule has 1 amide bonds. The first-order valence-corrected chi connectivity index (χ1v) is 6.27. The van der Waals surface area contributed by atoms with Crippen molar-refractivity contribution >= 4 is 27.5 Å². The lowest BCUT2D eigenvalue weighted by atomic mass is 10.2. The van der Waals surface area contributed by atoms with Crippen LogP contribution in [0.1, 0.15) is 5.56 Å². The minimum Gasteiger partial charge on any atom is -0.383 e. The Morgan fingerprint density at radius 1 is 1.58 bits per heavy atom. The Hall–Kier alpha value is -1.65. The monoisotopic (exact) mass is 329 g/mol. The molecule has 0 radical (unpaired) electrons. The van der Waals surface area contributed by atoms with Crippen molar-refractivity contribution in [2.45, 2.75) is 0 Å². The number of nitrogens with zero attached hydrogens (tertiary/aromatic N) is 1. The summed E-state index contributed by atoms with van der Waals surface area (Å²) in [5.74, 6) is -0.860. The minimum atomic E-state index is -0.594. The Bertz CT molecular complexity index is 502. The van der Waals surface area contributed by atoms with Gasteiger partial charge in [0.25, 0.3) is 0 Å². The van der Waals surface area contributed by atoms with Gasteiger partial charge < -0.3 is 15.4 Å². The van der Waals surface area contributed by atoms with Gasteiger partial charge in [0.15, 0.2) is 5.82 Å². The molecular weight excluding hydrogens is 317 g/mol. The molecule has 1 aromatic carbocycles. The number of nitriles is 1. The molecule has 2 N–H and O–H groups in total.